The third-order valence-electron chi connectivity index (χ3n) is 4.42. The molecule has 1 aromatic rings. The Bertz CT molecular complexity index is 389. The van der Waals surface area contributed by atoms with Crippen molar-refractivity contribution in [1.82, 2.24) is 10.3 Å². The van der Waals surface area contributed by atoms with E-state index < -0.39 is 0 Å². The fourth-order valence-electron chi connectivity index (χ4n) is 3.52. The summed E-state index contributed by atoms with van der Waals surface area (Å²) in [5, 5.41) is 3.71. The van der Waals surface area contributed by atoms with Crippen molar-refractivity contribution in [3.05, 3.63) is 23.9 Å². The van der Waals surface area contributed by atoms with E-state index in [0.29, 0.717) is 6.04 Å². The minimum atomic E-state index is 0.670. The van der Waals surface area contributed by atoms with Crippen LogP contribution in [-0.2, 0) is 0 Å². The van der Waals surface area contributed by atoms with Gasteiger partial charge in [0.2, 0.25) is 0 Å². The number of anilines is 1. The van der Waals surface area contributed by atoms with E-state index in [1.54, 1.807) is 0 Å². The van der Waals surface area contributed by atoms with Gasteiger partial charge in [-0.2, -0.15) is 0 Å². The molecule has 0 radical (unpaired) electrons. The summed E-state index contributed by atoms with van der Waals surface area (Å²) in [5.74, 6) is 1.15. The molecule has 3 heterocycles. The monoisotopic (exact) mass is 245 g/mol. The summed E-state index contributed by atoms with van der Waals surface area (Å²) >= 11 is 0. The predicted molar refractivity (Wildman–Crippen MR) is 75.0 cm³/mol. The van der Waals surface area contributed by atoms with Gasteiger partial charge in [-0.15, -0.1) is 0 Å². The van der Waals surface area contributed by atoms with Crippen molar-refractivity contribution in [3.63, 3.8) is 0 Å². The summed E-state index contributed by atoms with van der Waals surface area (Å²) in [4.78, 5) is 7.09. The van der Waals surface area contributed by atoms with Gasteiger partial charge >= 0.3 is 0 Å². The van der Waals surface area contributed by atoms with E-state index in [1.165, 1.54) is 31.2 Å². The van der Waals surface area contributed by atoms with Crippen LogP contribution in [0.2, 0.25) is 0 Å². The summed E-state index contributed by atoms with van der Waals surface area (Å²) in [6.45, 7) is 5.39. The molecule has 2 unspecified atom stereocenters. The SMILES string of the molecule is CCN(c1ccc(C)cn1)C1CC2CCC(C1)N2. The molecule has 0 aromatic carbocycles. The third-order valence-corrected chi connectivity index (χ3v) is 4.42. The average molecular weight is 245 g/mol. The van der Waals surface area contributed by atoms with Crippen LogP contribution in [0, 0.1) is 6.92 Å². The Morgan fingerprint density at radius 2 is 2.00 bits per heavy atom. The molecule has 3 rings (SSSR count). The molecular formula is C15H23N3. The first-order chi connectivity index (χ1) is 8.76. The van der Waals surface area contributed by atoms with Crippen LogP contribution in [0.3, 0.4) is 0 Å². The Balaban J connectivity index is 1.77. The molecule has 2 saturated heterocycles. The van der Waals surface area contributed by atoms with E-state index in [9.17, 15) is 0 Å². The summed E-state index contributed by atoms with van der Waals surface area (Å²) < 4.78 is 0. The maximum Gasteiger partial charge on any atom is 0.128 e. The quantitative estimate of drug-likeness (QED) is 0.887. The zero-order valence-corrected chi connectivity index (χ0v) is 11.4. The van der Waals surface area contributed by atoms with Gasteiger partial charge in [0.15, 0.2) is 0 Å². The van der Waals surface area contributed by atoms with Crippen LogP contribution < -0.4 is 10.2 Å². The second-order valence-electron chi connectivity index (χ2n) is 5.74. The Kier molecular flexibility index (Phi) is 3.25. The van der Waals surface area contributed by atoms with Gasteiger partial charge in [0.25, 0.3) is 0 Å². The van der Waals surface area contributed by atoms with Crippen molar-refractivity contribution in [2.45, 2.75) is 57.7 Å². The highest BCUT2D eigenvalue weighted by atomic mass is 15.2. The first-order valence-corrected chi connectivity index (χ1v) is 7.21. The molecule has 18 heavy (non-hydrogen) atoms. The van der Waals surface area contributed by atoms with Crippen molar-refractivity contribution in [2.75, 3.05) is 11.4 Å². The van der Waals surface area contributed by atoms with Crippen LogP contribution in [0.1, 0.15) is 38.2 Å². The zero-order chi connectivity index (χ0) is 12.5. The number of fused-ring (bicyclic) bond motifs is 2. The second kappa shape index (κ2) is 4.88. The molecule has 3 heteroatoms. The Morgan fingerprint density at radius 3 is 2.56 bits per heavy atom. The van der Waals surface area contributed by atoms with Gasteiger partial charge in [-0.3, -0.25) is 0 Å². The maximum absolute atomic E-state index is 4.60. The number of aryl methyl sites for hydroxylation is 1. The van der Waals surface area contributed by atoms with Crippen LogP contribution in [0.25, 0.3) is 0 Å². The van der Waals surface area contributed by atoms with Crippen molar-refractivity contribution in [1.29, 1.82) is 0 Å². The number of rotatable bonds is 3. The summed E-state index contributed by atoms with van der Waals surface area (Å²) in [6.07, 6.45) is 7.26. The van der Waals surface area contributed by atoms with Gasteiger partial charge in [0.1, 0.15) is 5.82 Å². The molecule has 98 valence electrons. The smallest absolute Gasteiger partial charge is 0.128 e. The van der Waals surface area contributed by atoms with Crippen LogP contribution >= 0.6 is 0 Å². The zero-order valence-electron chi connectivity index (χ0n) is 11.4. The lowest BCUT2D eigenvalue weighted by Gasteiger charge is -2.38. The molecule has 0 aliphatic carbocycles. The van der Waals surface area contributed by atoms with Crippen LogP contribution in [0.5, 0.6) is 0 Å². The molecule has 0 spiro atoms. The van der Waals surface area contributed by atoms with E-state index in [0.717, 1.165) is 24.4 Å². The standard InChI is InChI=1S/C15H23N3/c1-3-18(15-7-4-11(2)10-16-15)14-8-12-5-6-13(9-14)17-12/h4,7,10,12-14,17H,3,5-6,8-9H2,1-2H3. The van der Waals surface area contributed by atoms with Gasteiger partial charge < -0.3 is 10.2 Å². The topological polar surface area (TPSA) is 28.2 Å². The summed E-state index contributed by atoms with van der Waals surface area (Å²) in [6, 6.07) is 6.49. The normalized spacial score (nSPS) is 30.4. The maximum atomic E-state index is 4.60. The fourth-order valence-corrected chi connectivity index (χ4v) is 3.52. The minimum absolute atomic E-state index is 0.670. The van der Waals surface area contributed by atoms with Crippen LogP contribution in [0.15, 0.2) is 18.3 Å². The lowest BCUT2D eigenvalue weighted by molar-refractivity contribution is 0.348. The van der Waals surface area contributed by atoms with Crippen molar-refractivity contribution >= 4 is 5.82 Å². The highest BCUT2D eigenvalue weighted by Crippen LogP contribution is 2.31. The highest BCUT2D eigenvalue weighted by Gasteiger charge is 2.35. The Morgan fingerprint density at radius 1 is 1.28 bits per heavy atom. The van der Waals surface area contributed by atoms with Gasteiger partial charge in [-0.25, -0.2) is 4.98 Å². The summed E-state index contributed by atoms with van der Waals surface area (Å²) in [7, 11) is 0. The number of piperidine rings is 1. The number of hydrogen-bond donors (Lipinski definition) is 1. The molecular weight excluding hydrogens is 222 g/mol. The van der Waals surface area contributed by atoms with Gasteiger partial charge in [-0.05, 0) is 51.2 Å². The number of nitrogens with zero attached hydrogens (tertiary/aromatic N) is 2. The lowest BCUT2D eigenvalue weighted by atomic mass is 9.98. The first-order valence-electron chi connectivity index (χ1n) is 7.21. The van der Waals surface area contributed by atoms with E-state index in [1.807, 2.05) is 6.20 Å². The first kappa shape index (κ1) is 12.0. The number of nitrogens with one attached hydrogen (secondary N) is 1. The van der Waals surface area contributed by atoms with E-state index in [4.69, 9.17) is 0 Å². The Hall–Kier alpha value is -1.09. The van der Waals surface area contributed by atoms with E-state index in [2.05, 4.69) is 41.2 Å². The minimum Gasteiger partial charge on any atom is -0.354 e. The van der Waals surface area contributed by atoms with Crippen molar-refractivity contribution in [2.24, 2.45) is 0 Å². The molecule has 3 nitrogen and oxygen atoms in total. The van der Waals surface area contributed by atoms with Crippen molar-refractivity contribution < 1.29 is 0 Å². The van der Waals surface area contributed by atoms with Gasteiger partial charge in [0.05, 0.1) is 0 Å². The van der Waals surface area contributed by atoms with Crippen LogP contribution in [0.4, 0.5) is 5.82 Å². The van der Waals surface area contributed by atoms with Gasteiger partial charge in [-0.1, -0.05) is 6.07 Å². The largest absolute Gasteiger partial charge is 0.354 e. The molecule has 1 aromatic heterocycles. The fraction of sp³-hybridized carbons (Fsp3) is 0.667. The number of aromatic nitrogens is 1. The molecule has 0 amide bonds. The lowest BCUT2D eigenvalue weighted by Crippen LogP contribution is -2.48. The molecule has 2 aliphatic rings. The Labute approximate surface area is 110 Å². The molecule has 0 saturated carbocycles. The van der Waals surface area contributed by atoms with Crippen LogP contribution in [-0.4, -0.2) is 29.7 Å². The van der Waals surface area contributed by atoms with Gasteiger partial charge in [0, 0.05) is 30.9 Å². The molecule has 2 atom stereocenters. The summed E-state index contributed by atoms with van der Waals surface area (Å²) in [5.41, 5.74) is 1.24. The van der Waals surface area contributed by atoms with Crippen molar-refractivity contribution in [3.8, 4) is 0 Å². The molecule has 2 fully saturated rings. The molecule has 2 aliphatic heterocycles. The van der Waals surface area contributed by atoms with E-state index >= 15 is 0 Å². The number of hydrogen-bond acceptors (Lipinski definition) is 3. The third kappa shape index (κ3) is 2.24. The average Bonchev–Trinajstić information content (AvgIpc) is 2.72. The molecule has 2 bridgehead atoms. The number of pyridine rings is 1. The highest BCUT2D eigenvalue weighted by molar-refractivity contribution is 5.40. The van der Waals surface area contributed by atoms with E-state index in [-0.39, 0.29) is 0 Å². The second-order valence-corrected chi connectivity index (χ2v) is 5.74. The predicted octanol–water partition coefficient (Wildman–Crippen LogP) is 2.50. The molecule has 1 N–H and O–H groups in total.